The van der Waals surface area contributed by atoms with Crippen LogP contribution in [0.3, 0.4) is 0 Å². The first-order valence-corrected chi connectivity index (χ1v) is 15.3. The van der Waals surface area contributed by atoms with Gasteiger partial charge in [0.1, 0.15) is 16.7 Å². The topological polar surface area (TPSA) is 26.3 Å². The summed E-state index contributed by atoms with van der Waals surface area (Å²) in [6, 6.07) is 46.0. The Morgan fingerprint density at radius 2 is 1.05 bits per heavy atom. The Kier molecular flexibility index (Phi) is 4.63. The molecule has 0 fully saturated rings. The van der Waals surface area contributed by atoms with Gasteiger partial charge in [0.15, 0.2) is 0 Å². The van der Waals surface area contributed by atoms with Crippen molar-refractivity contribution in [3.63, 3.8) is 0 Å². The molecule has 0 unspecified atom stereocenters. The largest absolute Gasteiger partial charge is 0.464 e. The number of rotatable bonds is 2. The first-order valence-electron chi connectivity index (χ1n) is 14.5. The van der Waals surface area contributed by atoms with E-state index in [1.165, 1.54) is 58.4 Å². The average molecular weight is 567 g/mol. The molecule has 10 aromatic rings. The minimum atomic E-state index is 0.844. The lowest BCUT2D eigenvalue weighted by molar-refractivity contribution is 0.618. The van der Waals surface area contributed by atoms with Gasteiger partial charge in [0, 0.05) is 30.9 Å². The second-order valence-corrected chi connectivity index (χ2v) is 12.3. The molecule has 200 valence electrons. The van der Waals surface area contributed by atoms with Crippen molar-refractivity contribution in [2.45, 2.75) is 0 Å². The van der Waals surface area contributed by atoms with Crippen LogP contribution in [0, 0.1) is 0 Å². The second-order valence-electron chi connectivity index (χ2n) is 11.2. The van der Waals surface area contributed by atoms with Crippen LogP contribution in [0.15, 0.2) is 142 Å². The Morgan fingerprint density at radius 3 is 1.79 bits per heavy atom. The molecule has 0 atom stereocenters. The molecular formula is C40H22O2S. The molecule has 0 radical (unpaired) electrons. The van der Waals surface area contributed by atoms with Crippen LogP contribution in [-0.4, -0.2) is 0 Å². The first kappa shape index (κ1) is 23.2. The van der Waals surface area contributed by atoms with E-state index in [0.29, 0.717) is 0 Å². The van der Waals surface area contributed by atoms with Crippen LogP contribution in [0.4, 0.5) is 0 Å². The molecule has 10 rings (SSSR count). The summed E-state index contributed by atoms with van der Waals surface area (Å²) in [5.74, 6) is 0. The second kappa shape index (κ2) is 8.57. The van der Waals surface area contributed by atoms with E-state index in [0.717, 1.165) is 38.5 Å². The Morgan fingerprint density at radius 1 is 0.442 bits per heavy atom. The maximum absolute atomic E-state index is 6.27. The zero-order chi connectivity index (χ0) is 28.1. The van der Waals surface area contributed by atoms with Gasteiger partial charge in [-0.3, -0.25) is 0 Å². The van der Waals surface area contributed by atoms with Crippen LogP contribution >= 0.6 is 11.3 Å². The van der Waals surface area contributed by atoms with Crippen LogP contribution in [0.1, 0.15) is 0 Å². The molecule has 7 aromatic carbocycles. The van der Waals surface area contributed by atoms with E-state index in [1.807, 2.05) is 23.5 Å². The summed E-state index contributed by atoms with van der Waals surface area (Å²) in [5, 5.41) is 10.8. The molecule has 3 aromatic heterocycles. The maximum Gasteiger partial charge on any atom is 0.145 e. The third kappa shape index (κ3) is 3.23. The van der Waals surface area contributed by atoms with Crippen molar-refractivity contribution in [3.05, 3.63) is 134 Å². The molecule has 0 spiro atoms. The Bertz CT molecular complexity index is 2680. The molecule has 0 saturated heterocycles. The molecule has 0 aliphatic rings. The van der Waals surface area contributed by atoms with Gasteiger partial charge in [0.2, 0.25) is 0 Å². The SMILES string of the molecule is c1ccc2c(c1)sc1cc(-c3c4ccccc4c(-c4ccc5oc6ccc7ccoc7c6c5c4)c4ccccc34)ccc12. The number of benzene rings is 7. The lowest BCUT2D eigenvalue weighted by Crippen LogP contribution is -1.90. The molecule has 0 N–H and O–H groups in total. The summed E-state index contributed by atoms with van der Waals surface area (Å²) in [7, 11) is 0. The van der Waals surface area contributed by atoms with Gasteiger partial charge >= 0.3 is 0 Å². The predicted octanol–water partition coefficient (Wildman–Crippen LogP) is 12.3. The van der Waals surface area contributed by atoms with E-state index in [1.54, 1.807) is 6.26 Å². The first-order chi connectivity index (χ1) is 21.3. The van der Waals surface area contributed by atoms with Crippen LogP contribution < -0.4 is 0 Å². The Labute approximate surface area is 250 Å². The minimum absolute atomic E-state index is 0.844. The lowest BCUT2D eigenvalue weighted by atomic mass is 9.85. The Balaban J connectivity index is 1.29. The standard InChI is InChI=1S/C40H22O2S/c1-3-10-30-28(8-1)37(24-15-17-33-32(21-24)39-34(42-33)18-14-23-19-20-41-40(23)39)29-9-2-4-11-31(29)38(30)25-13-16-27-26-7-5-6-12-35(26)43-36(27)22-25/h1-22H. The summed E-state index contributed by atoms with van der Waals surface area (Å²) in [5.41, 5.74) is 7.50. The van der Waals surface area contributed by atoms with E-state index in [2.05, 4.69) is 115 Å². The zero-order valence-electron chi connectivity index (χ0n) is 22.9. The van der Waals surface area contributed by atoms with Gasteiger partial charge in [-0.05, 0) is 86.3 Å². The fourth-order valence-electron chi connectivity index (χ4n) is 7.07. The highest BCUT2D eigenvalue weighted by molar-refractivity contribution is 7.25. The summed E-state index contributed by atoms with van der Waals surface area (Å²) < 4.78 is 14.9. The summed E-state index contributed by atoms with van der Waals surface area (Å²) in [4.78, 5) is 0. The highest BCUT2D eigenvalue weighted by Crippen LogP contribution is 2.46. The maximum atomic E-state index is 6.27. The molecule has 0 amide bonds. The average Bonchev–Trinajstić information content (AvgIpc) is 3.77. The molecule has 0 bridgehead atoms. The number of hydrogen-bond acceptors (Lipinski definition) is 3. The van der Waals surface area contributed by atoms with Crippen LogP contribution in [0.25, 0.3) is 96.9 Å². The van der Waals surface area contributed by atoms with Crippen molar-refractivity contribution in [1.29, 1.82) is 0 Å². The van der Waals surface area contributed by atoms with Gasteiger partial charge in [-0.2, -0.15) is 0 Å². The van der Waals surface area contributed by atoms with Crippen LogP contribution in [0.2, 0.25) is 0 Å². The summed E-state index contributed by atoms with van der Waals surface area (Å²) in [6.45, 7) is 0. The van der Waals surface area contributed by atoms with E-state index < -0.39 is 0 Å². The molecule has 0 aliphatic carbocycles. The summed E-state index contributed by atoms with van der Waals surface area (Å²) in [6.07, 6.45) is 1.75. The van der Waals surface area contributed by atoms with Crippen molar-refractivity contribution in [1.82, 2.24) is 0 Å². The monoisotopic (exact) mass is 566 g/mol. The van der Waals surface area contributed by atoms with Crippen molar-refractivity contribution >= 4 is 86.0 Å². The number of furan rings is 2. The molecule has 3 heteroatoms. The molecular weight excluding hydrogens is 545 g/mol. The van der Waals surface area contributed by atoms with Gasteiger partial charge in [-0.25, -0.2) is 0 Å². The van der Waals surface area contributed by atoms with Gasteiger partial charge in [0.05, 0.1) is 11.6 Å². The van der Waals surface area contributed by atoms with Crippen molar-refractivity contribution in [2.24, 2.45) is 0 Å². The third-order valence-corrected chi connectivity index (χ3v) is 10.1. The zero-order valence-corrected chi connectivity index (χ0v) is 23.7. The number of hydrogen-bond donors (Lipinski definition) is 0. The lowest BCUT2D eigenvalue weighted by Gasteiger charge is -2.18. The normalized spacial score (nSPS) is 12.2. The highest BCUT2D eigenvalue weighted by Gasteiger charge is 2.19. The van der Waals surface area contributed by atoms with E-state index in [9.17, 15) is 0 Å². The summed E-state index contributed by atoms with van der Waals surface area (Å²) >= 11 is 1.87. The van der Waals surface area contributed by atoms with E-state index in [-0.39, 0.29) is 0 Å². The molecule has 3 heterocycles. The van der Waals surface area contributed by atoms with Gasteiger partial charge in [0.25, 0.3) is 0 Å². The van der Waals surface area contributed by atoms with E-state index in [4.69, 9.17) is 8.83 Å². The van der Waals surface area contributed by atoms with Crippen molar-refractivity contribution in [3.8, 4) is 22.3 Å². The smallest absolute Gasteiger partial charge is 0.145 e. The molecule has 0 aliphatic heterocycles. The minimum Gasteiger partial charge on any atom is -0.464 e. The quantitative estimate of drug-likeness (QED) is 0.195. The fraction of sp³-hybridized carbons (Fsp3) is 0. The van der Waals surface area contributed by atoms with Crippen LogP contribution in [-0.2, 0) is 0 Å². The van der Waals surface area contributed by atoms with E-state index >= 15 is 0 Å². The number of fused-ring (bicyclic) bond motifs is 10. The van der Waals surface area contributed by atoms with Crippen molar-refractivity contribution < 1.29 is 8.83 Å². The fourth-order valence-corrected chi connectivity index (χ4v) is 8.22. The third-order valence-electron chi connectivity index (χ3n) is 8.94. The number of thiophene rings is 1. The van der Waals surface area contributed by atoms with Crippen LogP contribution in [0.5, 0.6) is 0 Å². The van der Waals surface area contributed by atoms with Gasteiger partial charge < -0.3 is 8.83 Å². The highest BCUT2D eigenvalue weighted by atomic mass is 32.1. The Hall–Kier alpha value is -5.38. The van der Waals surface area contributed by atoms with Gasteiger partial charge in [-0.15, -0.1) is 11.3 Å². The molecule has 43 heavy (non-hydrogen) atoms. The predicted molar refractivity (Wildman–Crippen MR) is 182 cm³/mol. The van der Waals surface area contributed by atoms with Gasteiger partial charge in [-0.1, -0.05) is 84.9 Å². The van der Waals surface area contributed by atoms with Crippen molar-refractivity contribution in [2.75, 3.05) is 0 Å². The molecule has 2 nitrogen and oxygen atoms in total. The molecule has 0 saturated carbocycles.